The monoisotopic (exact) mass is 273 g/mol. The van der Waals surface area contributed by atoms with E-state index in [4.69, 9.17) is 0 Å². The summed E-state index contributed by atoms with van der Waals surface area (Å²) in [7, 11) is 0. The van der Waals surface area contributed by atoms with Crippen molar-refractivity contribution in [2.45, 2.75) is 19.9 Å². The van der Waals surface area contributed by atoms with Gasteiger partial charge in [-0.05, 0) is 19.4 Å². The van der Waals surface area contributed by atoms with E-state index < -0.39 is 17.1 Å². The van der Waals surface area contributed by atoms with E-state index in [2.05, 4.69) is 15.0 Å². The molecule has 1 aromatic carbocycles. The van der Waals surface area contributed by atoms with E-state index in [1.165, 1.54) is 0 Å². The fourth-order valence-electron chi connectivity index (χ4n) is 1.97. The van der Waals surface area contributed by atoms with Crippen LogP contribution in [0.5, 0.6) is 5.88 Å². The van der Waals surface area contributed by atoms with E-state index >= 15 is 0 Å². The molecule has 2 rings (SSSR count). The minimum Gasteiger partial charge on any atom is -0.494 e. The molecule has 20 heavy (non-hydrogen) atoms. The van der Waals surface area contributed by atoms with Crippen molar-refractivity contribution in [3.8, 4) is 5.88 Å². The van der Waals surface area contributed by atoms with Gasteiger partial charge in [0.25, 0.3) is 5.56 Å². The molecule has 2 aromatic rings. The number of benzene rings is 1. The smallest absolute Gasteiger partial charge is 0.328 e. The van der Waals surface area contributed by atoms with Gasteiger partial charge in [0.05, 0.1) is 11.8 Å². The number of aromatic nitrogens is 2. The highest BCUT2D eigenvalue weighted by atomic mass is 16.3. The lowest BCUT2D eigenvalue weighted by Crippen LogP contribution is -2.27. The summed E-state index contributed by atoms with van der Waals surface area (Å²) in [6.07, 6.45) is 0. The Balaban J connectivity index is 2.42. The zero-order valence-electron chi connectivity index (χ0n) is 11.2. The van der Waals surface area contributed by atoms with Gasteiger partial charge in [0, 0.05) is 0 Å². The first-order valence-corrected chi connectivity index (χ1v) is 6.14. The first-order chi connectivity index (χ1) is 9.49. The van der Waals surface area contributed by atoms with Crippen LogP contribution in [-0.2, 0) is 0 Å². The zero-order valence-corrected chi connectivity index (χ0v) is 11.2. The van der Waals surface area contributed by atoms with Crippen LogP contribution in [-0.4, -0.2) is 20.8 Å². The van der Waals surface area contributed by atoms with Crippen molar-refractivity contribution in [2.75, 3.05) is 0 Å². The third kappa shape index (κ3) is 2.85. The standard InChI is InChI=1S/C14H15N3O3/c1-8(10-6-4-3-5-7-10)15-9(2)11-12(18)16-14(20)17-13(11)19/h3-8H,1-2H3,(H3,16,17,18,19,20)/t8-/m0/s1. The highest BCUT2D eigenvalue weighted by Gasteiger charge is 2.13. The molecule has 1 atom stereocenters. The fraction of sp³-hybridized carbons (Fsp3) is 0.214. The number of aromatic amines is 2. The normalized spacial score (nSPS) is 13.2. The predicted molar refractivity (Wildman–Crippen MR) is 76.4 cm³/mol. The number of H-pyrrole nitrogens is 2. The largest absolute Gasteiger partial charge is 0.494 e. The minimum atomic E-state index is -0.750. The van der Waals surface area contributed by atoms with Crippen molar-refractivity contribution in [1.82, 2.24) is 9.97 Å². The van der Waals surface area contributed by atoms with Crippen LogP contribution in [0.4, 0.5) is 0 Å². The molecule has 0 amide bonds. The van der Waals surface area contributed by atoms with E-state index in [0.29, 0.717) is 5.71 Å². The Bertz CT molecular complexity index is 744. The van der Waals surface area contributed by atoms with Crippen molar-refractivity contribution in [2.24, 2.45) is 4.99 Å². The van der Waals surface area contributed by atoms with E-state index in [-0.39, 0.29) is 11.6 Å². The SMILES string of the molecule is CC(=N[C@@H](C)c1ccccc1)c1c(O)[nH]c(=O)[nH]c1=O. The molecule has 6 heteroatoms. The molecule has 104 valence electrons. The van der Waals surface area contributed by atoms with Crippen molar-refractivity contribution >= 4 is 5.71 Å². The number of aromatic hydroxyl groups is 1. The highest BCUT2D eigenvalue weighted by molar-refractivity contribution is 6.00. The van der Waals surface area contributed by atoms with Crippen LogP contribution in [0, 0.1) is 0 Å². The van der Waals surface area contributed by atoms with Crippen molar-refractivity contribution in [3.05, 3.63) is 62.3 Å². The van der Waals surface area contributed by atoms with Crippen LogP contribution >= 0.6 is 0 Å². The number of hydrogen-bond acceptors (Lipinski definition) is 4. The van der Waals surface area contributed by atoms with Crippen LogP contribution in [0.3, 0.4) is 0 Å². The Kier molecular flexibility index (Phi) is 3.84. The molecule has 0 unspecified atom stereocenters. The van der Waals surface area contributed by atoms with Crippen LogP contribution in [0.25, 0.3) is 0 Å². The average Bonchev–Trinajstić information content (AvgIpc) is 2.38. The van der Waals surface area contributed by atoms with E-state index in [0.717, 1.165) is 5.56 Å². The molecule has 0 spiro atoms. The van der Waals surface area contributed by atoms with Gasteiger partial charge in [0.1, 0.15) is 5.56 Å². The average molecular weight is 273 g/mol. The first-order valence-electron chi connectivity index (χ1n) is 6.14. The van der Waals surface area contributed by atoms with Gasteiger partial charge < -0.3 is 5.11 Å². The summed E-state index contributed by atoms with van der Waals surface area (Å²) in [6, 6.07) is 9.41. The maximum Gasteiger partial charge on any atom is 0.328 e. The number of nitrogens with zero attached hydrogens (tertiary/aromatic N) is 1. The minimum absolute atomic E-state index is 0.0209. The zero-order chi connectivity index (χ0) is 14.7. The lowest BCUT2D eigenvalue weighted by molar-refractivity contribution is 0.447. The molecule has 0 saturated carbocycles. The number of rotatable bonds is 3. The third-order valence-corrected chi connectivity index (χ3v) is 2.95. The molecule has 1 heterocycles. The Morgan fingerprint density at radius 1 is 1.20 bits per heavy atom. The Labute approximate surface area is 114 Å². The van der Waals surface area contributed by atoms with E-state index in [1.54, 1.807) is 6.92 Å². The van der Waals surface area contributed by atoms with E-state index in [1.807, 2.05) is 37.3 Å². The van der Waals surface area contributed by atoms with Crippen LogP contribution in [0.2, 0.25) is 0 Å². The van der Waals surface area contributed by atoms with Crippen LogP contribution in [0.15, 0.2) is 44.9 Å². The Morgan fingerprint density at radius 2 is 1.85 bits per heavy atom. The summed E-state index contributed by atoms with van der Waals surface area (Å²) < 4.78 is 0. The number of aliphatic imine (C=N–C) groups is 1. The van der Waals surface area contributed by atoms with Gasteiger partial charge in [-0.1, -0.05) is 30.3 Å². The lowest BCUT2D eigenvalue weighted by Gasteiger charge is -2.09. The van der Waals surface area contributed by atoms with Gasteiger partial charge in [-0.15, -0.1) is 0 Å². The van der Waals surface area contributed by atoms with Crippen molar-refractivity contribution in [3.63, 3.8) is 0 Å². The second kappa shape index (κ2) is 5.56. The molecular weight excluding hydrogens is 258 g/mol. The predicted octanol–water partition coefficient (Wildman–Crippen LogP) is 1.34. The summed E-state index contributed by atoms with van der Waals surface area (Å²) in [6.45, 7) is 3.50. The summed E-state index contributed by atoms with van der Waals surface area (Å²) in [5.41, 5.74) is -0.0798. The number of nitrogens with one attached hydrogen (secondary N) is 2. The Hall–Kier alpha value is -2.63. The molecular formula is C14H15N3O3. The first kappa shape index (κ1) is 13.8. The summed E-state index contributed by atoms with van der Waals surface area (Å²) >= 11 is 0. The fourth-order valence-corrected chi connectivity index (χ4v) is 1.97. The van der Waals surface area contributed by atoms with E-state index in [9.17, 15) is 14.7 Å². The summed E-state index contributed by atoms with van der Waals surface area (Å²) in [5.74, 6) is -0.472. The molecule has 0 aliphatic heterocycles. The molecule has 0 bridgehead atoms. The molecule has 0 radical (unpaired) electrons. The number of hydrogen-bond donors (Lipinski definition) is 3. The molecule has 0 fully saturated rings. The van der Waals surface area contributed by atoms with Gasteiger partial charge in [-0.2, -0.15) is 0 Å². The molecule has 3 N–H and O–H groups in total. The maximum atomic E-state index is 11.7. The molecule has 0 aliphatic carbocycles. The lowest BCUT2D eigenvalue weighted by atomic mass is 10.1. The van der Waals surface area contributed by atoms with Gasteiger partial charge >= 0.3 is 5.69 Å². The molecule has 1 aromatic heterocycles. The van der Waals surface area contributed by atoms with Gasteiger partial charge in [0.15, 0.2) is 0 Å². The molecule has 0 aliphatic rings. The summed E-state index contributed by atoms with van der Waals surface area (Å²) in [5, 5.41) is 9.67. The second-order valence-corrected chi connectivity index (χ2v) is 4.43. The quantitative estimate of drug-likeness (QED) is 0.736. The highest BCUT2D eigenvalue weighted by Crippen LogP contribution is 2.18. The van der Waals surface area contributed by atoms with Crippen molar-refractivity contribution < 1.29 is 5.11 Å². The summed E-state index contributed by atoms with van der Waals surface area (Å²) in [4.78, 5) is 31.3. The second-order valence-electron chi connectivity index (χ2n) is 4.43. The van der Waals surface area contributed by atoms with Crippen molar-refractivity contribution in [1.29, 1.82) is 0 Å². The topological polar surface area (TPSA) is 98.3 Å². The van der Waals surface area contributed by atoms with Gasteiger partial charge in [-0.3, -0.25) is 19.8 Å². The third-order valence-electron chi connectivity index (χ3n) is 2.95. The van der Waals surface area contributed by atoms with Gasteiger partial charge in [0.2, 0.25) is 5.88 Å². The van der Waals surface area contributed by atoms with Crippen LogP contribution in [0.1, 0.15) is 31.0 Å². The van der Waals surface area contributed by atoms with Gasteiger partial charge in [-0.25, -0.2) is 4.79 Å². The van der Waals surface area contributed by atoms with Crippen LogP contribution < -0.4 is 11.2 Å². The maximum absolute atomic E-state index is 11.7. The Morgan fingerprint density at radius 3 is 2.45 bits per heavy atom. The molecule has 6 nitrogen and oxygen atoms in total. The molecule has 0 saturated heterocycles.